The van der Waals surface area contributed by atoms with E-state index in [9.17, 15) is 0 Å². The maximum Gasteiger partial charge on any atom is 0.323 e. The third kappa shape index (κ3) is 4.90. The second-order valence-electron chi connectivity index (χ2n) is 3.05. The smallest absolute Gasteiger partial charge is 0.323 e. The van der Waals surface area contributed by atoms with Crippen LogP contribution in [0.25, 0.3) is 0 Å². The van der Waals surface area contributed by atoms with Crippen molar-refractivity contribution in [2.24, 2.45) is 4.99 Å². The predicted octanol–water partition coefficient (Wildman–Crippen LogP) is -0.698. The number of ether oxygens (including phenoxy) is 1. The van der Waals surface area contributed by atoms with Crippen LogP contribution in [0.1, 0.15) is 6.42 Å². The fraction of sp³-hybridized carbons (Fsp3) is 0.875. The molecule has 1 aliphatic heterocycles. The van der Waals surface area contributed by atoms with E-state index < -0.39 is 0 Å². The molecular weight excluding hydrogens is 167 g/mol. The summed E-state index contributed by atoms with van der Waals surface area (Å²) in [5.41, 5.74) is 0. The Morgan fingerprint density at radius 2 is 2.23 bits per heavy atom. The first-order chi connectivity index (χ1) is 6.43. The molecule has 0 amide bonds. The normalized spacial score (nSPS) is 19.4. The minimum atomic E-state index is 0.852. The van der Waals surface area contributed by atoms with E-state index in [0.717, 1.165) is 45.8 Å². The lowest BCUT2D eigenvalue weighted by Crippen LogP contribution is -2.37. The summed E-state index contributed by atoms with van der Waals surface area (Å²) < 4.78 is 9.96. The second-order valence-corrected chi connectivity index (χ2v) is 3.05. The van der Waals surface area contributed by atoms with Crippen LogP contribution in [0, 0.1) is 0 Å². The standard InChI is InChI=1S/C8H17BN2O2/c9-13-8-10-2-1-3-11-4-6-12-7-5-11/h8H,1-7,9H2. The molecule has 0 aromatic heterocycles. The van der Waals surface area contributed by atoms with Gasteiger partial charge in [0.25, 0.3) is 0 Å². The molecule has 0 aromatic carbocycles. The van der Waals surface area contributed by atoms with Crippen LogP contribution in [0.3, 0.4) is 0 Å². The lowest BCUT2D eigenvalue weighted by Gasteiger charge is -2.26. The molecule has 0 unspecified atom stereocenters. The molecule has 0 N–H and O–H groups in total. The Bertz CT molecular complexity index is 149. The fourth-order valence-corrected chi connectivity index (χ4v) is 1.34. The fourth-order valence-electron chi connectivity index (χ4n) is 1.34. The van der Waals surface area contributed by atoms with Crippen LogP contribution in [0.5, 0.6) is 0 Å². The van der Waals surface area contributed by atoms with Gasteiger partial charge in [0.1, 0.15) is 0 Å². The quantitative estimate of drug-likeness (QED) is 0.245. The summed E-state index contributed by atoms with van der Waals surface area (Å²) in [7, 11) is 1.62. The first-order valence-electron chi connectivity index (χ1n) is 4.74. The Kier molecular flexibility index (Phi) is 5.60. The highest BCUT2D eigenvalue weighted by Gasteiger charge is 2.08. The summed E-state index contributed by atoms with van der Waals surface area (Å²) in [6.45, 7) is 5.85. The Balaban J connectivity index is 1.95. The van der Waals surface area contributed by atoms with Gasteiger partial charge in [-0.15, -0.1) is 0 Å². The second kappa shape index (κ2) is 6.92. The van der Waals surface area contributed by atoms with Crippen LogP contribution < -0.4 is 0 Å². The van der Waals surface area contributed by atoms with Gasteiger partial charge in [-0.25, -0.2) is 0 Å². The molecule has 0 spiro atoms. The molecule has 0 aliphatic carbocycles. The topological polar surface area (TPSA) is 34.1 Å². The van der Waals surface area contributed by atoms with Crippen molar-refractivity contribution >= 4 is 14.4 Å². The number of nitrogens with zero attached hydrogens (tertiary/aromatic N) is 2. The van der Waals surface area contributed by atoms with Crippen molar-refractivity contribution < 1.29 is 9.39 Å². The SMILES string of the molecule is BOC=NCCCN1CCOCC1. The molecule has 1 aliphatic rings. The molecule has 13 heavy (non-hydrogen) atoms. The molecule has 0 aromatic rings. The molecule has 74 valence electrons. The van der Waals surface area contributed by atoms with Gasteiger partial charge < -0.3 is 9.39 Å². The van der Waals surface area contributed by atoms with E-state index in [1.54, 1.807) is 8.05 Å². The highest BCUT2D eigenvalue weighted by atomic mass is 16.5. The third-order valence-corrected chi connectivity index (χ3v) is 2.05. The van der Waals surface area contributed by atoms with Gasteiger partial charge in [0.15, 0.2) is 6.40 Å². The van der Waals surface area contributed by atoms with E-state index in [2.05, 4.69) is 9.89 Å². The lowest BCUT2D eigenvalue weighted by atomic mass is 10.3. The van der Waals surface area contributed by atoms with E-state index >= 15 is 0 Å². The largest absolute Gasteiger partial charge is 0.560 e. The van der Waals surface area contributed by atoms with E-state index in [4.69, 9.17) is 9.39 Å². The molecule has 0 atom stereocenters. The monoisotopic (exact) mass is 184 g/mol. The summed E-state index contributed by atoms with van der Waals surface area (Å²) >= 11 is 0. The highest BCUT2D eigenvalue weighted by Crippen LogP contribution is 1.97. The van der Waals surface area contributed by atoms with Gasteiger partial charge in [-0.05, 0) is 6.42 Å². The van der Waals surface area contributed by atoms with Crippen molar-refractivity contribution in [3.05, 3.63) is 0 Å². The van der Waals surface area contributed by atoms with Crippen molar-refractivity contribution in [3.8, 4) is 0 Å². The van der Waals surface area contributed by atoms with Crippen molar-refractivity contribution in [1.82, 2.24) is 4.90 Å². The number of aliphatic imine (C=N–C) groups is 1. The van der Waals surface area contributed by atoms with E-state index in [1.807, 2.05) is 0 Å². The van der Waals surface area contributed by atoms with Crippen LogP contribution in [-0.2, 0) is 9.39 Å². The number of hydrogen-bond acceptors (Lipinski definition) is 4. The molecule has 1 heterocycles. The number of rotatable bonds is 5. The maximum absolute atomic E-state index is 5.25. The minimum absolute atomic E-state index is 0.852. The van der Waals surface area contributed by atoms with E-state index in [-0.39, 0.29) is 0 Å². The number of morpholine rings is 1. The zero-order valence-electron chi connectivity index (χ0n) is 8.24. The summed E-state index contributed by atoms with van der Waals surface area (Å²) in [5.74, 6) is 0. The molecule has 4 nitrogen and oxygen atoms in total. The molecule has 0 radical (unpaired) electrons. The minimum Gasteiger partial charge on any atom is -0.560 e. The first-order valence-corrected chi connectivity index (χ1v) is 4.74. The van der Waals surface area contributed by atoms with E-state index in [0.29, 0.717) is 0 Å². The third-order valence-electron chi connectivity index (χ3n) is 2.05. The highest BCUT2D eigenvalue weighted by molar-refractivity contribution is 6.02. The first kappa shape index (κ1) is 10.5. The van der Waals surface area contributed by atoms with Crippen LogP contribution in [0.4, 0.5) is 0 Å². The number of hydrogen-bond donors (Lipinski definition) is 0. The summed E-state index contributed by atoms with van der Waals surface area (Å²) in [4.78, 5) is 6.48. The molecule has 1 saturated heterocycles. The van der Waals surface area contributed by atoms with Crippen molar-refractivity contribution in [1.29, 1.82) is 0 Å². The Labute approximate surface area is 80.4 Å². The molecular formula is C8H17BN2O2. The van der Waals surface area contributed by atoms with Gasteiger partial charge in [-0.2, -0.15) is 0 Å². The Morgan fingerprint density at radius 3 is 2.92 bits per heavy atom. The van der Waals surface area contributed by atoms with Gasteiger partial charge >= 0.3 is 8.05 Å². The van der Waals surface area contributed by atoms with Crippen molar-refractivity contribution in [2.75, 3.05) is 39.4 Å². The van der Waals surface area contributed by atoms with Gasteiger partial charge in [-0.3, -0.25) is 9.89 Å². The van der Waals surface area contributed by atoms with E-state index in [1.165, 1.54) is 6.40 Å². The molecule has 1 fully saturated rings. The zero-order chi connectivity index (χ0) is 9.36. The summed E-state index contributed by atoms with van der Waals surface area (Å²) in [6, 6.07) is 0. The summed E-state index contributed by atoms with van der Waals surface area (Å²) in [6.07, 6.45) is 2.60. The average Bonchev–Trinajstić information content (AvgIpc) is 2.19. The zero-order valence-corrected chi connectivity index (χ0v) is 8.24. The van der Waals surface area contributed by atoms with Crippen LogP contribution in [0.15, 0.2) is 4.99 Å². The van der Waals surface area contributed by atoms with Gasteiger partial charge in [0.05, 0.1) is 13.2 Å². The predicted molar refractivity (Wildman–Crippen MR) is 54.9 cm³/mol. The average molecular weight is 184 g/mol. The van der Waals surface area contributed by atoms with Crippen molar-refractivity contribution in [2.45, 2.75) is 6.42 Å². The van der Waals surface area contributed by atoms with Gasteiger partial charge in [0, 0.05) is 26.2 Å². The van der Waals surface area contributed by atoms with Gasteiger partial charge in [-0.1, -0.05) is 0 Å². The van der Waals surface area contributed by atoms with Crippen molar-refractivity contribution in [3.63, 3.8) is 0 Å². The van der Waals surface area contributed by atoms with Crippen LogP contribution in [-0.4, -0.2) is 58.7 Å². The molecule has 0 bridgehead atoms. The Hall–Kier alpha value is -0.545. The Morgan fingerprint density at radius 1 is 1.46 bits per heavy atom. The molecule has 5 heteroatoms. The molecule has 0 saturated carbocycles. The van der Waals surface area contributed by atoms with Crippen LogP contribution >= 0.6 is 0 Å². The van der Waals surface area contributed by atoms with Crippen LogP contribution in [0.2, 0.25) is 0 Å². The summed E-state index contributed by atoms with van der Waals surface area (Å²) in [5, 5.41) is 0. The van der Waals surface area contributed by atoms with Gasteiger partial charge in [0.2, 0.25) is 0 Å². The maximum atomic E-state index is 5.25. The lowest BCUT2D eigenvalue weighted by molar-refractivity contribution is 0.0377. The molecule has 1 rings (SSSR count).